The number of methoxy groups -OCH3 is 1. The minimum atomic E-state index is -0.665. The van der Waals surface area contributed by atoms with Crippen LogP contribution in [-0.2, 0) is 14.0 Å². The quantitative estimate of drug-likeness (QED) is 0.615. The average molecular weight is 298 g/mol. The molecule has 1 saturated heterocycles. The van der Waals surface area contributed by atoms with E-state index in [9.17, 15) is 4.79 Å². The molecule has 2 heterocycles. The molecule has 7 heteroatoms. The van der Waals surface area contributed by atoms with E-state index in [0.29, 0.717) is 10.6 Å². The van der Waals surface area contributed by atoms with Crippen molar-refractivity contribution in [3.8, 4) is 0 Å². The lowest BCUT2D eigenvalue weighted by atomic mass is 9.84. The minimum Gasteiger partial charge on any atom is -0.464 e. The Kier molecular flexibility index (Phi) is 3.84. The smallest absolute Gasteiger partial charge is 0.464 e. The molecule has 1 aliphatic rings. The van der Waals surface area contributed by atoms with Crippen molar-refractivity contribution in [3.05, 3.63) is 22.8 Å². The first-order valence-corrected chi connectivity index (χ1v) is 6.65. The standard InChI is InChI=1S/C13H17BClNO4/c1-12(2)13(3,4)20-14(19-12)10-7-8(15)6-9(16-10)11(17)18-5/h6-7H,1-5H3. The number of hydrogen-bond donors (Lipinski definition) is 0. The van der Waals surface area contributed by atoms with E-state index in [1.54, 1.807) is 6.07 Å². The molecular weight excluding hydrogens is 280 g/mol. The SMILES string of the molecule is COC(=O)c1cc(Cl)cc(B2OC(C)(C)C(C)(C)O2)n1. The van der Waals surface area contributed by atoms with Gasteiger partial charge in [-0.2, -0.15) is 0 Å². The van der Waals surface area contributed by atoms with Gasteiger partial charge in [-0.05, 0) is 39.8 Å². The van der Waals surface area contributed by atoms with Gasteiger partial charge in [-0.15, -0.1) is 0 Å². The molecular formula is C13H17BClNO4. The fourth-order valence-electron chi connectivity index (χ4n) is 1.81. The summed E-state index contributed by atoms with van der Waals surface area (Å²) in [7, 11) is 0.626. The van der Waals surface area contributed by atoms with Crippen molar-refractivity contribution < 1.29 is 18.8 Å². The minimum absolute atomic E-state index is 0.129. The summed E-state index contributed by atoms with van der Waals surface area (Å²) in [5, 5.41) is 0.380. The Morgan fingerprint density at radius 1 is 1.25 bits per heavy atom. The van der Waals surface area contributed by atoms with E-state index in [4.69, 9.17) is 20.9 Å². The summed E-state index contributed by atoms with van der Waals surface area (Å²) >= 11 is 6.01. The van der Waals surface area contributed by atoms with Crippen LogP contribution >= 0.6 is 11.6 Å². The Morgan fingerprint density at radius 2 is 1.80 bits per heavy atom. The molecule has 1 fully saturated rings. The molecule has 0 aromatic carbocycles. The second kappa shape index (κ2) is 5.02. The van der Waals surface area contributed by atoms with E-state index in [2.05, 4.69) is 9.72 Å². The highest BCUT2D eigenvalue weighted by atomic mass is 35.5. The molecule has 108 valence electrons. The first-order valence-electron chi connectivity index (χ1n) is 6.28. The van der Waals surface area contributed by atoms with Gasteiger partial charge in [-0.3, -0.25) is 0 Å². The normalized spacial score (nSPS) is 20.0. The molecule has 1 aromatic heterocycles. The van der Waals surface area contributed by atoms with Gasteiger partial charge < -0.3 is 14.0 Å². The number of esters is 1. The van der Waals surface area contributed by atoms with Crippen molar-refractivity contribution >= 4 is 30.3 Å². The zero-order valence-electron chi connectivity index (χ0n) is 12.2. The summed E-state index contributed by atoms with van der Waals surface area (Å²) in [5.74, 6) is -0.551. The van der Waals surface area contributed by atoms with E-state index >= 15 is 0 Å². The maximum absolute atomic E-state index is 11.6. The number of halogens is 1. The molecule has 20 heavy (non-hydrogen) atoms. The maximum Gasteiger partial charge on any atom is 0.514 e. The molecule has 0 aliphatic carbocycles. The number of carbonyl (C=O) groups excluding carboxylic acids is 1. The summed E-state index contributed by atoms with van der Waals surface area (Å²) < 4.78 is 16.4. The van der Waals surface area contributed by atoms with Crippen LogP contribution in [0, 0.1) is 0 Å². The summed E-state index contributed by atoms with van der Waals surface area (Å²) in [6, 6.07) is 3.07. The molecule has 1 aliphatic heterocycles. The van der Waals surface area contributed by atoms with Gasteiger partial charge in [0.1, 0.15) is 5.69 Å². The molecule has 0 radical (unpaired) electrons. The lowest BCUT2D eigenvalue weighted by Crippen LogP contribution is -2.41. The van der Waals surface area contributed by atoms with Gasteiger partial charge in [0.15, 0.2) is 0 Å². The van der Waals surface area contributed by atoms with Crippen LogP contribution in [0.5, 0.6) is 0 Å². The van der Waals surface area contributed by atoms with E-state index in [1.807, 2.05) is 27.7 Å². The van der Waals surface area contributed by atoms with Crippen LogP contribution in [0.25, 0.3) is 0 Å². The third-order valence-corrected chi connectivity index (χ3v) is 3.92. The van der Waals surface area contributed by atoms with E-state index in [1.165, 1.54) is 13.2 Å². The van der Waals surface area contributed by atoms with Crippen LogP contribution in [0.1, 0.15) is 38.2 Å². The van der Waals surface area contributed by atoms with E-state index in [-0.39, 0.29) is 5.69 Å². The lowest BCUT2D eigenvalue weighted by molar-refractivity contribution is 0.00578. The first kappa shape index (κ1) is 15.3. The van der Waals surface area contributed by atoms with E-state index < -0.39 is 24.3 Å². The number of nitrogens with zero attached hydrogens (tertiary/aromatic N) is 1. The Balaban J connectivity index is 2.35. The molecule has 0 unspecified atom stereocenters. The fraction of sp³-hybridized carbons (Fsp3) is 0.538. The molecule has 0 atom stereocenters. The molecule has 0 bridgehead atoms. The largest absolute Gasteiger partial charge is 0.514 e. The first-order chi connectivity index (χ1) is 9.16. The van der Waals surface area contributed by atoms with Gasteiger partial charge in [-0.25, -0.2) is 9.78 Å². The Labute approximate surface area is 123 Å². The molecule has 0 saturated carbocycles. The van der Waals surface area contributed by atoms with Crippen molar-refractivity contribution in [2.45, 2.75) is 38.9 Å². The predicted octanol–water partition coefficient (Wildman–Crippen LogP) is 1.82. The molecule has 0 spiro atoms. The van der Waals surface area contributed by atoms with Crippen molar-refractivity contribution in [2.24, 2.45) is 0 Å². The highest BCUT2D eigenvalue weighted by Gasteiger charge is 2.52. The summed E-state index contributed by atoms with van der Waals surface area (Å²) in [6.07, 6.45) is 0. The molecule has 2 rings (SSSR count). The Morgan fingerprint density at radius 3 is 2.30 bits per heavy atom. The predicted molar refractivity (Wildman–Crippen MR) is 76.3 cm³/mol. The zero-order valence-corrected chi connectivity index (χ0v) is 12.9. The maximum atomic E-state index is 11.6. The average Bonchev–Trinajstić information content (AvgIpc) is 2.57. The number of pyridine rings is 1. The van der Waals surface area contributed by atoms with Crippen molar-refractivity contribution in [1.29, 1.82) is 0 Å². The Hall–Kier alpha value is -1.11. The summed E-state index contributed by atoms with van der Waals surface area (Å²) in [5.41, 5.74) is -0.374. The Bertz CT molecular complexity index is 531. The number of carbonyl (C=O) groups is 1. The van der Waals surface area contributed by atoms with Gasteiger partial charge in [0.2, 0.25) is 0 Å². The van der Waals surface area contributed by atoms with Gasteiger partial charge in [0.05, 0.1) is 23.9 Å². The van der Waals surface area contributed by atoms with Crippen LogP contribution in [-0.4, -0.2) is 36.4 Å². The number of hydrogen-bond acceptors (Lipinski definition) is 5. The highest BCUT2D eigenvalue weighted by molar-refractivity contribution is 6.61. The second-order valence-electron chi connectivity index (χ2n) is 5.68. The third-order valence-electron chi connectivity index (χ3n) is 3.70. The van der Waals surface area contributed by atoms with E-state index in [0.717, 1.165) is 0 Å². The molecule has 0 N–H and O–H groups in total. The molecule has 5 nitrogen and oxygen atoms in total. The van der Waals surface area contributed by atoms with Crippen LogP contribution in [0.4, 0.5) is 0 Å². The molecule has 0 amide bonds. The van der Waals surface area contributed by atoms with Crippen LogP contribution in [0.2, 0.25) is 5.02 Å². The van der Waals surface area contributed by atoms with Crippen LogP contribution in [0.15, 0.2) is 12.1 Å². The highest BCUT2D eigenvalue weighted by Crippen LogP contribution is 2.36. The van der Waals surface area contributed by atoms with Crippen molar-refractivity contribution in [3.63, 3.8) is 0 Å². The zero-order chi connectivity index (χ0) is 15.1. The fourth-order valence-corrected chi connectivity index (χ4v) is 2.03. The van der Waals surface area contributed by atoms with Gasteiger partial charge in [0, 0.05) is 5.02 Å². The second-order valence-corrected chi connectivity index (χ2v) is 6.11. The van der Waals surface area contributed by atoms with Crippen LogP contribution in [0.3, 0.4) is 0 Å². The summed E-state index contributed by atoms with van der Waals surface area (Å²) in [6.45, 7) is 7.77. The number of aromatic nitrogens is 1. The lowest BCUT2D eigenvalue weighted by Gasteiger charge is -2.32. The third kappa shape index (κ3) is 2.68. The number of ether oxygens (including phenoxy) is 1. The summed E-state index contributed by atoms with van der Waals surface area (Å²) in [4.78, 5) is 15.8. The topological polar surface area (TPSA) is 57.7 Å². The van der Waals surface area contributed by atoms with Gasteiger partial charge in [0.25, 0.3) is 0 Å². The van der Waals surface area contributed by atoms with Crippen molar-refractivity contribution in [1.82, 2.24) is 4.98 Å². The van der Waals surface area contributed by atoms with Gasteiger partial charge >= 0.3 is 13.1 Å². The number of rotatable bonds is 2. The van der Waals surface area contributed by atoms with Gasteiger partial charge in [-0.1, -0.05) is 11.6 Å². The molecule has 1 aromatic rings. The van der Waals surface area contributed by atoms with Crippen molar-refractivity contribution in [2.75, 3.05) is 7.11 Å². The van der Waals surface area contributed by atoms with Crippen LogP contribution < -0.4 is 5.59 Å². The monoisotopic (exact) mass is 297 g/mol.